The molecule has 2 heteroatoms. The highest BCUT2D eigenvalue weighted by atomic mass is 19.1. The molecule has 1 aromatic carbocycles. The Hall–Kier alpha value is -0.890. The predicted molar refractivity (Wildman–Crippen MR) is 69.7 cm³/mol. The van der Waals surface area contributed by atoms with Crippen molar-refractivity contribution >= 4 is 0 Å². The van der Waals surface area contributed by atoms with E-state index < -0.39 is 0 Å². The molecule has 17 heavy (non-hydrogen) atoms. The third kappa shape index (κ3) is 3.81. The van der Waals surface area contributed by atoms with Crippen LogP contribution in [0.2, 0.25) is 0 Å². The van der Waals surface area contributed by atoms with E-state index in [-0.39, 0.29) is 5.82 Å². The summed E-state index contributed by atoms with van der Waals surface area (Å²) in [6.07, 6.45) is 6.59. The summed E-state index contributed by atoms with van der Waals surface area (Å²) >= 11 is 0. The van der Waals surface area contributed by atoms with Crippen LogP contribution in [-0.4, -0.2) is 13.1 Å². The lowest BCUT2D eigenvalue weighted by Crippen LogP contribution is -2.23. The molecule has 1 nitrogen and oxygen atoms in total. The second-order valence-corrected chi connectivity index (χ2v) is 5.18. The maximum Gasteiger partial charge on any atom is 0.123 e. The molecule has 0 radical (unpaired) electrons. The minimum Gasteiger partial charge on any atom is -0.316 e. The highest BCUT2D eigenvalue weighted by molar-refractivity contribution is 5.26. The van der Waals surface area contributed by atoms with Crippen molar-refractivity contribution in [2.75, 3.05) is 13.1 Å². The summed E-state index contributed by atoms with van der Waals surface area (Å²) in [5.41, 5.74) is 2.32. The number of aryl methyl sites for hydroxylation is 1. The van der Waals surface area contributed by atoms with Crippen molar-refractivity contribution in [1.82, 2.24) is 5.32 Å². The fourth-order valence-electron chi connectivity index (χ4n) is 2.68. The first-order chi connectivity index (χ1) is 8.25. The molecule has 1 aromatic rings. The van der Waals surface area contributed by atoms with Crippen LogP contribution >= 0.6 is 0 Å². The molecule has 0 spiro atoms. The molecule has 1 fully saturated rings. The molecule has 0 aliphatic heterocycles. The topological polar surface area (TPSA) is 12.0 Å². The van der Waals surface area contributed by atoms with E-state index in [4.69, 9.17) is 0 Å². The molecule has 0 heterocycles. The zero-order chi connectivity index (χ0) is 12.1. The van der Waals surface area contributed by atoms with E-state index in [9.17, 15) is 4.39 Å². The fourth-order valence-corrected chi connectivity index (χ4v) is 2.68. The van der Waals surface area contributed by atoms with Crippen LogP contribution in [0.1, 0.15) is 36.8 Å². The summed E-state index contributed by atoms with van der Waals surface area (Å²) in [6, 6.07) is 5.08. The summed E-state index contributed by atoms with van der Waals surface area (Å²) in [4.78, 5) is 0. The Kier molecular flexibility index (Phi) is 4.55. The fraction of sp³-hybridized carbons (Fsp3) is 0.600. The van der Waals surface area contributed by atoms with Crippen LogP contribution in [0.15, 0.2) is 18.2 Å². The lowest BCUT2D eigenvalue weighted by atomic mass is 10.1. The van der Waals surface area contributed by atoms with Crippen LogP contribution in [0, 0.1) is 18.7 Å². The minimum atomic E-state index is -0.134. The number of rotatable bonds is 5. The van der Waals surface area contributed by atoms with Gasteiger partial charge >= 0.3 is 0 Å². The van der Waals surface area contributed by atoms with Gasteiger partial charge in [0.15, 0.2) is 0 Å². The first-order valence-electron chi connectivity index (χ1n) is 6.71. The SMILES string of the molecule is Cc1cc(F)ccc1CCNCC1CCCC1. The highest BCUT2D eigenvalue weighted by Gasteiger charge is 2.13. The Bertz CT molecular complexity index is 356. The molecule has 94 valence electrons. The van der Waals surface area contributed by atoms with E-state index in [1.807, 2.05) is 13.0 Å². The van der Waals surface area contributed by atoms with Gasteiger partial charge in [-0.3, -0.25) is 0 Å². The summed E-state index contributed by atoms with van der Waals surface area (Å²) in [5.74, 6) is 0.759. The van der Waals surface area contributed by atoms with E-state index in [1.165, 1.54) is 31.2 Å². The molecule has 0 bridgehead atoms. The van der Waals surface area contributed by atoms with Crippen LogP contribution in [0.3, 0.4) is 0 Å². The largest absolute Gasteiger partial charge is 0.316 e. The summed E-state index contributed by atoms with van der Waals surface area (Å²) < 4.78 is 12.9. The number of hydrogen-bond donors (Lipinski definition) is 1. The molecule has 1 saturated carbocycles. The molecule has 0 aromatic heterocycles. The van der Waals surface area contributed by atoms with Crippen LogP contribution < -0.4 is 5.32 Å². The molecule has 1 N–H and O–H groups in total. The van der Waals surface area contributed by atoms with E-state index in [2.05, 4.69) is 5.32 Å². The van der Waals surface area contributed by atoms with Gasteiger partial charge in [-0.15, -0.1) is 0 Å². The minimum absolute atomic E-state index is 0.134. The molecule has 1 aliphatic carbocycles. The third-order valence-corrected chi connectivity index (χ3v) is 3.78. The molecule has 0 amide bonds. The summed E-state index contributed by atoms with van der Waals surface area (Å²) in [7, 11) is 0. The zero-order valence-corrected chi connectivity index (χ0v) is 10.6. The van der Waals surface area contributed by atoms with Gasteiger partial charge in [0.2, 0.25) is 0 Å². The average Bonchev–Trinajstić information content (AvgIpc) is 2.79. The van der Waals surface area contributed by atoms with Gasteiger partial charge in [-0.25, -0.2) is 4.39 Å². The van der Waals surface area contributed by atoms with Gasteiger partial charge in [-0.2, -0.15) is 0 Å². The van der Waals surface area contributed by atoms with Gasteiger partial charge < -0.3 is 5.32 Å². The van der Waals surface area contributed by atoms with Crippen LogP contribution in [-0.2, 0) is 6.42 Å². The monoisotopic (exact) mass is 235 g/mol. The first-order valence-corrected chi connectivity index (χ1v) is 6.71. The Morgan fingerprint density at radius 3 is 2.76 bits per heavy atom. The highest BCUT2D eigenvalue weighted by Crippen LogP contribution is 2.23. The molecular weight excluding hydrogens is 213 g/mol. The van der Waals surface area contributed by atoms with Crippen molar-refractivity contribution in [2.24, 2.45) is 5.92 Å². The Labute approximate surface area is 103 Å². The quantitative estimate of drug-likeness (QED) is 0.771. The molecule has 1 aliphatic rings. The van der Waals surface area contributed by atoms with Crippen molar-refractivity contribution < 1.29 is 4.39 Å². The number of hydrogen-bond acceptors (Lipinski definition) is 1. The number of benzene rings is 1. The smallest absolute Gasteiger partial charge is 0.123 e. The van der Waals surface area contributed by atoms with E-state index >= 15 is 0 Å². The standard InChI is InChI=1S/C15H22FN/c1-12-10-15(16)7-6-14(12)8-9-17-11-13-4-2-3-5-13/h6-7,10,13,17H,2-5,8-9,11H2,1H3. The first kappa shape index (κ1) is 12.6. The average molecular weight is 235 g/mol. The molecular formula is C15H22FN. The molecule has 0 saturated heterocycles. The number of halogens is 1. The van der Waals surface area contributed by atoms with Gasteiger partial charge in [0.1, 0.15) is 5.82 Å². The normalized spacial score (nSPS) is 16.6. The summed E-state index contributed by atoms with van der Waals surface area (Å²) in [6.45, 7) is 4.14. The Morgan fingerprint density at radius 2 is 2.06 bits per heavy atom. The van der Waals surface area contributed by atoms with Crippen molar-refractivity contribution in [3.05, 3.63) is 35.1 Å². The maximum atomic E-state index is 12.9. The molecule has 0 atom stereocenters. The van der Waals surface area contributed by atoms with Crippen LogP contribution in [0.5, 0.6) is 0 Å². The molecule has 2 rings (SSSR count). The van der Waals surface area contributed by atoms with Crippen LogP contribution in [0.25, 0.3) is 0 Å². The number of nitrogens with one attached hydrogen (secondary N) is 1. The van der Waals surface area contributed by atoms with Gasteiger partial charge in [0.05, 0.1) is 0 Å². The second-order valence-electron chi connectivity index (χ2n) is 5.18. The van der Waals surface area contributed by atoms with E-state index in [0.717, 1.165) is 31.0 Å². The van der Waals surface area contributed by atoms with Crippen LogP contribution in [0.4, 0.5) is 4.39 Å². The second kappa shape index (κ2) is 6.15. The van der Waals surface area contributed by atoms with Crippen molar-refractivity contribution in [2.45, 2.75) is 39.0 Å². The van der Waals surface area contributed by atoms with Gasteiger partial charge in [0.25, 0.3) is 0 Å². The van der Waals surface area contributed by atoms with E-state index in [1.54, 1.807) is 12.1 Å². The molecule has 0 unspecified atom stereocenters. The summed E-state index contributed by atoms with van der Waals surface area (Å²) in [5, 5.41) is 3.52. The lowest BCUT2D eigenvalue weighted by Gasteiger charge is -2.11. The third-order valence-electron chi connectivity index (χ3n) is 3.78. The lowest BCUT2D eigenvalue weighted by molar-refractivity contribution is 0.491. The van der Waals surface area contributed by atoms with E-state index in [0.29, 0.717) is 0 Å². The van der Waals surface area contributed by atoms with Crippen molar-refractivity contribution in [3.63, 3.8) is 0 Å². The Balaban J connectivity index is 1.70. The predicted octanol–water partition coefficient (Wildman–Crippen LogP) is 3.46. The van der Waals surface area contributed by atoms with Crippen molar-refractivity contribution in [3.8, 4) is 0 Å². The zero-order valence-electron chi connectivity index (χ0n) is 10.6. The van der Waals surface area contributed by atoms with Crippen molar-refractivity contribution in [1.29, 1.82) is 0 Å². The maximum absolute atomic E-state index is 12.9. The van der Waals surface area contributed by atoms with Gasteiger partial charge in [0, 0.05) is 0 Å². The Morgan fingerprint density at radius 1 is 1.29 bits per heavy atom. The van der Waals surface area contributed by atoms with Gasteiger partial charge in [-0.1, -0.05) is 18.9 Å². The van der Waals surface area contributed by atoms with Gasteiger partial charge in [-0.05, 0) is 68.5 Å².